The highest BCUT2D eigenvalue weighted by atomic mass is 35.5. The van der Waals surface area contributed by atoms with Gasteiger partial charge in [-0.05, 0) is 93.4 Å². The smallest absolute Gasteiger partial charge is 0.335 e. The number of halogens is 2. The van der Waals surface area contributed by atoms with Crippen LogP contribution in [0.4, 0.5) is 4.39 Å². The lowest BCUT2D eigenvalue weighted by atomic mass is 9.78. The summed E-state index contributed by atoms with van der Waals surface area (Å²) >= 11 is 6.91. The van der Waals surface area contributed by atoms with Gasteiger partial charge in [0.05, 0.1) is 11.1 Å². The number of fused-ring (bicyclic) bond motifs is 4. The van der Waals surface area contributed by atoms with Gasteiger partial charge < -0.3 is 10.2 Å². The summed E-state index contributed by atoms with van der Waals surface area (Å²) in [7, 11) is 0. The fourth-order valence-corrected chi connectivity index (χ4v) is 6.51. The molecule has 2 aliphatic carbocycles. The van der Waals surface area contributed by atoms with Crippen molar-refractivity contribution in [1.29, 1.82) is 0 Å². The predicted molar refractivity (Wildman–Crippen MR) is 159 cm³/mol. The van der Waals surface area contributed by atoms with Crippen molar-refractivity contribution in [2.24, 2.45) is 5.92 Å². The number of aromatic carboxylic acids is 2. The van der Waals surface area contributed by atoms with Crippen molar-refractivity contribution >= 4 is 34.6 Å². The molecule has 2 atom stereocenters. The summed E-state index contributed by atoms with van der Waals surface area (Å²) in [6.45, 7) is 2.16. The van der Waals surface area contributed by atoms with Crippen molar-refractivity contribution in [3.05, 3.63) is 139 Å². The maximum Gasteiger partial charge on any atom is 0.335 e. The van der Waals surface area contributed by atoms with Crippen LogP contribution < -0.4 is 10.4 Å². The molecule has 2 aliphatic rings. The fraction of sp³-hybridized carbons (Fsp3) is 0.200. The van der Waals surface area contributed by atoms with E-state index in [-0.39, 0.29) is 28.8 Å². The zero-order chi connectivity index (χ0) is 29.1. The molecular formula is C35H30ClFO4. The van der Waals surface area contributed by atoms with E-state index >= 15 is 0 Å². The maximum absolute atomic E-state index is 11.9. The molecule has 208 valence electrons. The number of carboxylic acids is 2. The van der Waals surface area contributed by atoms with Gasteiger partial charge in [-0.3, -0.25) is 0 Å². The Morgan fingerprint density at radius 3 is 2.05 bits per heavy atom. The summed E-state index contributed by atoms with van der Waals surface area (Å²) in [5, 5.41) is 24.8. The molecule has 0 heterocycles. The molecule has 41 heavy (non-hydrogen) atoms. The first kappa shape index (κ1) is 28.3. The molecule has 6 rings (SSSR count). The van der Waals surface area contributed by atoms with E-state index in [2.05, 4.69) is 37.3 Å². The van der Waals surface area contributed by atoms with Crippen LogP contribution in [0.25, 0.3) is 11.1 Å². The third-order valence-electron chi connectivity index (χ3n) is 7.95. The molecular weight excluding hydrogens is 539 g/mol. The Bertz CT molecular complexity index is 1820. The van der Waals surface area contributed by atoms with Crippen molar-refractivity contribution in [1.82, 2.24) is 0 Å². The van der Waals surface area contributed by atoms with Crippen molar-refractivity contribution in [3.63, 3.8) is 0 Å². The van der Waals surface area contributed by atoms with E-state index in [9.17, 15) is 24.2 Å². The van der Waals surface area contributed by atoms with Crippen molar-refractivity contribution in [2.45, 2.75) is 38.5 Å². The summed E-state index contributed by atoms with van der Waals surface area (Å²) in [5.74, 6) is -2.17. The number of carbonyl (C=O) groups is 2. The minimum absolute atomic E-state index is 0.0551. The van der Waals surface area contributed by atoms with Gasteiger partial charge in [0.25, 0.3) is 0 Å². The SMILES string of the molecule is CCC1C(Cl)=c2ccccc2=c2ccc3c(c21)CCC(Cc1c(C(=O)O)cccc1C(=O)O)C=3.Fc1ccccc1. The second-order valence-corrected chi connectivity index (χ2v) is 10.8. The van der Waals surface area contributed by atoms with Crippen LogP contribution in [0.15, 0.2) is 84.9 Å². The molecule has 0 spiro atoms. The van der Waals surface area contributed by atoms with Gasteiger partial charge in [0, 0.05) is 11.0 Å². The van der Waals surface area contributed by atoms with Crippen molar-refractivity contribution < 1.29 is 24.2 Å². The average molecular weight is 569 g/mol. The monoisotopic (exact) mass is 568 g/mol. The quantitative estimate of drug-likeness (QED) is 0.283. The normalized spacial score (nSPS) is 16.7. The Morgan fingerprint density at radius 2 is 1.46 bits per heavy atom. The molecule has 0 fully saturated rings. The van der Waals surface area contributed by atoms with E-state index in [4.69, 9.17) is 11.6 Å². The summed E-state index contributed by atoms with van der Waals surface area (Å²) < 4.78 is 11.9. The first-order chi connectivity index (χ1) is 19.8. The Hall–Kier alpha value is -4.22. The predicted octanol–water partition coefficient (Wildman–Crippen LogP) is 6.64. The number of hydrogen-bond acceptors (Lipinski definition) is 2. The topological polar surface area (TPSA) is 74.6 Å². The zero-order valence-corrected chi connectivity index (χ0v) is 23.4. The molecule has 0 radical (unpaired) electrons. The van der Waals surface area contributed by atoms with Gasteiger partial charge in [0.2, 0.25) is 0 Å². The Kier molecular flexibility index (Phi) is 8.36. The highest BCUT2D eigenvalue weighted by Gasteiger charge is 2.27. The lowest BCUT2D eigenvalue weighted by Gasteiger charge is -2.27. The Morgan fingerprint density at radius 1 is 0.829 bits per heavy atom. The number of benzene rings is 4. The molecule has 2 unspecified atom stereocenters. The minimum Gasteiger partial charge on any atom is -0.478 e. The van der Waals surface area contributed by atoms with E-state index in [0.29, 0.717) is 12.0 Å². The third kappa shape index (κ3) is 5.68. The van der Waals surface area contributed by atoms with Crippen LogP contribution in [0.2, 0.25) is 0 Å². The number of rotatable bonds is 5. The van der Waals surface area contributed by atoms with Crippen LogP contribution in [-0.2, 0) is 12.8 Å². The summed E-state index contributed by atoms with van der Waals surface area (Å²) in [6, 6.07) is 25.0. The number of carboxylic acid groups (broad SMARTS) is 2. The summed E-state index contributed by atoms with van der Waals surface area (Å²) in [5.41, 5.74) is 3.12. The summed E-state index contributed by atoms with van der Waals surface area (Å²) in [4.78, 5) is 23.6. The lowest BCUT2D eigenvalue weighted by molar-refractivity contribution is 0.0695. The molecule has 0 bridgehead atoms. The van der Waals surface area contributed by atoms with Crippen LogP contribution in [-0.4, -0.2) is 22.2 Å². The first-order valence-electron chi connectivity index (χ1n) is 13.7. The van der Waals surface area contributed by atoms with Crippen molar-refractivity contribution in [2.75, 3.05) is 0 Å². The van der Waals surface area contributed by atoms with E-state index in [0.717, 1.165) is 34.7 Å². The van der Waals surface area contributed by atoms with Gasteiger partial charge in [0.15, 0.2) is 0 Å². The molecule has 6 heteroatoms. The molecule has 4 aromatic carbocycles. The van der Waals surface area contributed by atoms with Gasteiger partial charge in [-0.2, -0.15) is 0 Å². The Balaban J connectivity index is 0.000000423. The van der Waals surface area contributed by atoms with Crippen LogP contribution >= 0.6 is 11.6 Å². The van der Waals surface area contributed by atoms with E-state index in [1.807, 2.05) is 12.1 Å². The van der Waals surface area contributed by atoms with Crippen LogP contribution in [0, 0.1) is 22.2 Å². The second-order valence-electron chi connectivity index (χ2n) is 10.4. The molecule has 0 aliphatic heterocycles. The minimum atomic E-state index is -1.10. The highest BCUT2D eigenvalue weighted by molar-refractivity contribution is 6.46. The largest absolute Gasteiger partial charge is 0.478 e. The van der Waals surface area contributed by atoms with Gasteiger partial charge in [-0.1, -0.05) is 85.3 Å². The molecule has 0 saturated carbocycles. The van der Waals surface area contributed by atoms with Gasteiger partial charge in [-0.15, -0.1) is 0 Å². The van der Waals surface area contributed by atoms with Gasteiger partial charge in [-0.25, -0.2) is 14.0 Å². The van der Waals surface area contributed by atoms with Crippen LogP contribution in [0.5, 0.6) is 0 Å². The lowest BCUT2D eigenvalue weighted by Crippen LogP contribution is -2.26. The molecule has 0 saturated heterocycles. The van der Waals surface area contributed by atoms with Crippen LogP contribution in [0.1, 0.15) is 63.1 Å². The third-order valence-corrected chi connectivity index (χ3v) is 8.41. The first-order valence-corrected chi connectivity index (χ1v) is 14.1. The highest BCUT2D eigenvalue weighted by Crippen LogP contribution is 2.37. The zero-order valence-electron chi connectivity index (χ0n) is 22.6. The van der Waals surface area contributed by atoms with E-state index in [1.165, 1.54) is 51.9 Å². The second kappa shape index (κ2) is 12.1. The fourth-order valence-electron chi connectivity index (χ4n) is 6.09. The van der Waals surface area contributed by atoms with Gasteiger partial charge in [0.1, 0.15) is 5.82 Å². The molecule has 4 aromatic rings. The summed E-state index contributed by atoms with van der Waals surface area (Å²) in [6.07, 6.45) is 5.15. The van der Waals surface area contributed by atoms with Crippen molar-refractivity contribution in [3.8, 4) is 0 Å². The standard InChI is InChI=1S/C29H25ClO4.C6H5F/c1-2-18-26-19-12-10-16(15-25-23(28(31)32)8-5-9-24(25)29(33)34)14-17(19)11-13-21(26)20-6-3-4-7-22(20)27(18)30;7-6-4-2-1-3-5-6/h3-9,11,13-14,16,18H,2,10,12,15H2,1H3,(H,31,32)(H,33,34);1-5H. The number of hydrogen-bond donors (Lipinski definition) is 2. The Labute approximate surface area is 242 Å². The maximum atomic E-state index is 11.9. The van der Waals surface area contributed by atoms with E-state index in [1.54, 1.807) is 18.2 Å². The average Bonchev–Trinajstić information content (AvgIpc) is 2.98. The van der Waals surface area contributed by atoms with E-state index < -0.39 is 11.9 Å². The van der Waals surface area contributed by atoms with Gasteiger partial charge >= 0.3 is 11.9 Å². The molecule has 0 aromatic heterocycles. The molecule has 4 nitrogen and oxygen atoms in total. The molecule has 2 N–H and O–H groups in total. The molecule has 0 amide bonds. The van der Waals surface area contributed by atoms with Crippen LogP contribution in [0.3, 0.4) is 0 Å².